The molecule has 0 N–H and O–H groups in total. The largest absolute Gasteiger partial charge is 0.465 e. The summed E-state index contributed by atoms with van der Waals surface area (Å²) < 4.78 is 4.89. The third-order valence-corrected chi connectivity index (χ3v) is 2.28. The van der Waals surface area contributed by atoms with Crippen LogP contribution in [0.15, 0.2) is 12.4 Å². The van der Waals surface area contributed by atoms with Gasteiger partial charge < -0.3 is 9.64 Å². The molecule has 0 aliphatic rings. The number of nitrogens with zero attached hydrogens (tertiary/aromatic N) is 3. The number of hydrogen-bond acceptors (Lipinski definition) is 5. The minimum atomic E-state index is -0.245. The molecular weight excluding hydrogens is 218 g/mol. The van der Waals surface area contributed by atoms with Crippen LogP contribution < -0.4 is 4.90 Å². The monoisotopic (exact) mass is 237 g/mol. The maximum absolute atomic E-state index is 11.3. The molecule has 0 aliphatic heterocycles. The number of carbonyl (C=O) groups is 1. The van der Waals surface area contributed by atoms with Crippen LogP contribution in [0.3, 0.4) is 0 Å². The Labute approximate surface area is 102 Å². The van der Waals surface area contributed by atoms with Crippen LogP contribution in [0.2, 0.25) is 0 Å². The summed E-state index contributed by atoms with van der Waals surface area (Å²) in [7, 11) is 1.81. The normalized spacial score (nSPS) is 10.1. The molecule has 1 aromatic heterocycles. The van der Waals surface area contributed by atoms with E-state index in [-0.39, 0.29) is 12.5 Å². The van der Waals surface area contributed by atoms with Crippen molar-refractivity contribution in [3.63, 3.8) is 0 Å². The van der Waals surface area contributed by atoms with Crippen LogP contribution >= 0.6 is 0 Å². The van der Waals surface area contributed by atoms with E-state index in [4.69, 9.17) is 4.74 Å². The van der Waals surface area contributed by atoms with Gasteiger partial charge in [-0.15, -0.1) is 0 Å². The Bertz CT molecular complexity index is 369. The first-order chi connectivity index (χ1) is 8.17. The Morgan fingerprint density at radius 3 is 2.82 bits per heavy atom. The summed E-state index contributed by atoms with van der Waals surface area (Å²) in [6.07, 6.45) is 3.49. The number of aryl methyl sites for hydroxylation is 1. The quantitative estimate of drug-likeness (QED) is 0.700. The molecule has 0 bridgehead atoms. The lowest BCUT2D eigenvalue weighted by Gasteiger charge is -2.17. The molecule has 5 heteroatoms. The molecule has 0 radical (unpaired) electrons. The van der Waals surface area contributed by atoms with Crippen LogP contribution in [0.5, 0.6) is 0 Å². The SMILES string of the molecule is CCCc1cc(N(C)CC(=O)OCC)ncn1. The Kier molecular flexibility index (Phi) is 5.39. The van der Waals surface area contributed by atoms with Gasteiger partial charge in [-0.05, 0) is 13.3 Å². The third-order valence-electron chi connectivity index (χ3n) is 2.28. The smallest absolute Gasteiger partial charge is 0.325 e. The van der Waals surface area contributed by atoms with Gasteiger partial charge in [0.05, 0.1) is 6.61 Å². The van der Waals surface area contributed by atoms with Gasteiger partial charge in [0.2, 0.25) is 0 Å². The lowest BCUT2D eigenvalue weighted by Crippen LogP contribution is -2.28. The fraction of sp³-hybridized carbons (Fsp3) is 0.583. The molecule has 0 unspecified atom stereocenters. The third kappa shape index (κ3) is 4.38. The van der Waals surface area contributed by atoms with Crippen LogP contribution in [0.4, 0.5) is 5.82 Å². The number of aromatic nitrogens is 2. The number of rotatable bonds is 6. The van der Waals surface area contributed by atoms with Gasteiger partial charge in [-0.25, -0.2) is 9.97 Å². The molecule has 0 aliphatic carbocycles. The number of carbonyl (C=O) groups excluding carboxylic acids is 1. The molecule has 0 fully saturated rings. The molecular formula is C12H19N3O2. The van der Waals surface area contributed by atoms with Crippen molar-refractivity contribution in [2.45, 2.75) is 26.7 Å². The van der Waals surface area contributed by atoms with Gasteiger partial charge in [0.1, 0.15) is 18.7 Å². The van der Waals surface area contributed by atoms with E-state index in [0.29, 0.717) is 6.61 Å². The number of likely N-dealkylation sites (N-methyl/N-ethyl adjacent to an activating group) is 1. The van der Waals surface area contributed by atoms with Crippen molar-refractivity contribution in [3.8, 4) is 0 Å². The highest BCUT2D eigenvalue weighted by atomic mass is 16.5. The molecule has 1 rings (SSSR count). The lowest BCUT2D eigenvalue weighted by atomic mass is 10.2. The number of anilines is 1. The van der Waals surface area contributed by atoms with Crippen molar-refractivity contribution >= 4 is 11.8 Å². The van der Waals surface area contributed by atoms with E-state index in [9.17, 15) is 4.79 Å². The highest BCUT2D eigenvalue weighted by molar-refractivity contribution is 5.75. The maximum Gasteiger partial charge on any atom is 0.325 e. The zero-order chi connectivity index (χ0) is 12.7. The van der Waals surface area contributed by atoms with Gasteiger partial charge in [0.25, 0.3) is 0 Å². The Morgan fingerprint density at radius 1 is 1.41 bits per heavy atom. The van der Waals surface area contributed by atoms with Crippen LogP contribution in [0.25, 0.3) is 0 Å². The molecule has 0 aromatic carbocycles. The highest BCUT2D eigenvalue weighted by Gasteiger charge is 2.09. The predicted octanol–water partition coefficient (Wildman–Crippen LogP) is 1.43. The molecule has 0 spiro atoms. The molecule has 1 aromatic rings. The maximum atomic E-state index is 11.3. The molecule has 94 valence electrons. The minimum Gasteiger partial charge on any atom is -0.465 e. The molecule has 0 saturated heterocycles. The summed E-state index contributed by atoms with van der Waals surface area (Å²) in [4.78, 5) is 21.4. The Hall–Kier alpha value is -1.65. The summed E-state index contributed by atoms with van der Waals surface area (Å²) in [5, 5.41) is 0. The zero-order valence-electron chi connectivity index (χ0n) is 10.6. The first-order valence-electron chi connectivity index (χ1n) is 5.85. The first-order valence-corrected chi connectivity index (χ1v) is 5.85. The van der Waals surface area contributed by atoms with Gasteiger partial charge in [-0.2, -0.15) is 0 Å². The van der Waals surface area contributed by atoms with E-state index < -0.39 is 0 Å². The van der Waals surface area contributed by atoms with Crippen molar-refractivity contribution in [1.29, 1.82) is 0 Å². The van der Waals surface area contributed by atoms with E-state index in [0.717, 1.165) is 24.4 Å². The number of ether oxygens (including phenoxy) is 1. The molecule has 17 heavy (non-hydrogen) atoms. The average molecular weight is 237 g/mol. The summed E-state index contributed by atoms with van der Waals surface area (Å²) in [5.74, 6) is 0.502. The van der Waals surface area contributed by atoms with Crippen LogP contribution in [-0.4, -0.2) is 36.1 Å². The van der Waals surface area contributed by atoms with Gasteiger partial charge in [-0.3, -0.25) is 4.79 Å². The summed E-state index contributed by atoms with van der Waals surface area (Å²) in [6, 6.07) is 1.91. The van der Waals surface area contributed by atoms with Gasteiger partial charge in [-0.1, -0.05) is 13.3 Å². The molecule has 5 nitrogen and oxygen atoms in total. The van der Waals surface area contributed by atoms with E-state index >= 15 is 0 Å². The average Bonchev–Trinajstić information content (AvgIpc) is 2.30. The predicted molar refractivity (Wildman–Crippen MR) is 65.9 cm³/mol. The van der Waals surface area contributed by atoms with Crippen molar-refractivity contribution in [2.75, 3.05) is 25.1 Å². The van der Waals surface area contributed by atoms with Crippen LogP contribution in [0, 0.1) is 0 Å². The highest BCUT2D eigenvalue weighted by Crippen LogP contribution is 2.10. The van der Waals surface area contributed by atoms with Gasteiger partial charge in [0, 0.05) is 18.8 Å². The van der Waals surface area contributed by atoms with E-state index in [1.807, 2.05) is 13.1 Å². The van der Waals surface area contributed by atoms with E-state index in [1.54, 1.807) is 11.8 Å². The lowest BCUT2D eigenvalue weighted by molar-refractivity contribution is -0.141. The van der Waals surface area contributed by atoms with Crippen molar-refractivity contribution in [1.82, 2.24) is 9.97 Å². The second-order valence-corrected chi connectivity index (χ2v) is 3.78. The van der Waals surface area contributed by atoms with Crippen molar-refractivity contribution in [2.24, 2.45) is 0 Å². The van der Waals surface area contributed by atoms with Crippen molar-refractivity contribution in [3.05, 3.63) is 18.1 Å². The van der Waals surface area contributed by atoms with Crippen LogP contribution in [-0.2, 0) is 16.0 Å². The van der Waals surface area contributed by atoms with Crippen LogP contribution in [0.1, 0.15) is 26.0 Å². The van der Waals surface area contributed by atoms with Gasteiger partial charge >= 0.3 is 5.97 Å². The Morgan fingerprint density at radius 2 is 2.18 bits per heavy atom. The summed E-state index contributed by atoms with van der Waals surface area (Å²) in [5.41, 5.74) is 0.994. The second-order valence-electron chi connectivity index (χ2n) is 3.78. The van der Waals surface area contributed by atoms with Crippen molar-refractivity contribution < 1.29 is 9.53 Å². The standard InChI is InChI=1S/C12H19N3O2/c1-4-6-10-7-11(14-9-13-10)15(3)8-12(16)17-5-2/h7,9H,4-6,8H2,1-3H3. The number of hydrogen-bond donors (Lipinski definition) is 0. The minimum absolute atomic E-state index is 0.205. The first kappa shape index (κ1) is 13.4. The molecule has 0 atom stereocenters. The zero-order valence-corrected chi connectivity index (χ0v) is 10.6. The number of esters is 1. The van der Waals surface area contributed by atoms with E-state index in [1.165, 1.54) is 6.33 Å². The summed E-state index contributed by atoms with van der Waals surface area (Å²) >= 11 is 0. The molecule has 1 heterocycles. The fourth-order valence-electron chi connectivity index (χ4n) is 1.47. The topological polar surface area (TPSA) is 55.3 Å². The summed E-state index contributed by atoms with van der Waals surface area (Å²) in [6.45, 7) is 4.50. The Balaban J connectivity index is 2.64. The van der Waals surface area contributed by atoms with E-state index in [2.05, 4.69) is 16.9 Å². The second kappa shape index (κ2) is 6.83. The fourth-order valence-corrected chi connectivity index (χ4v) is 1.47. The molecule has 0 amide bonds. The van der Waals surface area contributed by atoms with Gasteiger partial charge in [0.15, 0.2) is 0 Å². The molecule has 0 saturated carbocycles.